The molecule has 0 saturated heterocycles. The minimum Gasteiger partial charge on any atom is -0.501 e. The van der Waals surface area contributed by atoms with Gasteiger partial charge >= 0.3 is 0 Å². The standard InChI is InChI=1S/C20H27NO2/c1-20-8-7-16-15(17(20)6-4-13(20)11-21)5-3-12-9-14(23-2)10-18(22)19(12)16/h10,13,15-18,22H,3-9H2,1-2H3/t13-,15+,16-,17-,18?,20+/m0/s1. The SMILES string of the molecule is COC1=CC(O)C2=C(CC[C@@H]3[C@@H]2CC[C@]2(C)[C@H](C#N)CC[C@@H]32)C1. The molecule has 1 N–H and O–H groups in total. The summed E-state index contributed by atoms with van der Waals surface area (Å²) in [6.07, 6.45) is 9.21. The number of fused-ring (bicyclic) bond motifs is 4. The Hall–Kier alpha value is -1.27. The first kappa shape index (κ1) is 15.3. The van der Waals surface area contributed by atoms with E-state index in [9.17, 15) is 10.4 Å². The Balaban J connectivity index is 1.64. The molecule has 124 valence electrons. The maximum Gasteiger partial charge on any atom is 0.0985 e. The molecule has 0 aromatic rings. The van der Waals surface area contributed by atoms with E-state index < -0.39 is 6.10 Å². The lowest BCUT2D eigenvalue weighted by Crippen LogP contribution is -2.45. The van der Waals surface area contributed by atoms with Gasteiger partial charge in [-0.1, -0.05) is 12.5 Å². The summed E-state index contributed by atoms with van der Waals surface area (Å²) in [7, 11) is 1.70. The lowest BCUT2D eigenvalue weighted by molar-refractivity contribution is 0.0195. The largest absolute Gasteiger partial charge is 0.501 e. The quantitative estimate of drug-likeness (QED) is 0.746. The van der Waals surface area contributed by atoms with Crippen LogP contribution in [0, 0.1) is 40.4 Å². The molecule has 0 spiro atoms. The van der Waals surface area contributed by atoms with Gasteiger partial charge in [0.05, 0.1) is 31.0 Å². The van der Waals surface area contributed by atoms with Crippen LogP contribution in [0.25, 0.3) is 0 Å². The molecule has 4 aliphatic carbocycles. The summed E-state index contributed by atoms with van der Waals surface area (Å²) >= 11 is 0. The normalized spacial score (nSPS) is 45.5. The Labute approximate surface area is 139 Å². The van der Waals surface area contributed by atoms with Crippen LogP contribution in [0.2, 0.25) is 0 Å². The van der Waals surface area contributed by atoms with Gasteiger partial charge in [0.25, 0.3) is 0 Å². The highest BCUT2D eigenvalue weighted by Gasteiger charge is 2.55. The maximum absolute atomic E-state index is 10.7. The van der Waals surface area contributed by atoms with Crippen LogP contribution in [0.4, 0.5) is 0 Å². The van der Waals surface area contributed by atoms with Gasteiger partial charge in [0, 0.05) is 6.42 Å². The molecule has 4 aliphatic rings. The van der Waals surface area contributed by atoms with E-state index in [1.807, 2.05) is 6.08 Å². The lowest BCUT2D eigenvalue weighted by Gasteiger charge is -2.51. The van der Waals surface area contributed by atoms with E-state index in [4.69, 9.17) is 4.74 Å². The molecule has 0 aliphatic heterocycles. The summed E-state index contributed by atoms with van der Waals surface area (Å²) in [6.45, 7) is 2.36. The van der Waals surface area contributed by atoms with Gasteiger partial charge in [-0.2, -0.15) is 5.26 Å². The van der Waals surface area contributed by atoms with Gasteiger partial charge in [0.2, 0.25) is 0 Å². The highest BCUT2D eigenvalue weighted by atomic mass is 16.5. The predicted molar refractivity (Wildman–Crippen MR) is 88.1 cm³/mol. The molecule has 0 aromatic carbocycles. The van der Waals surface area contributed by atoms with Crippen molar-refractivity contribution in [1.29, 1.82) is 5.26 Å². The first-order chi connectivity index (χ1) is 11.1. The van der Waals surface area contributed by atoms with Crippen molar-refractivity contribution in [3.8, 4) is 6.07 Å². The van der Waals surface area contributed by atoms with Crippen LogP contribution >= 0.6 is 0 Å². The number of nitriles is 1. The van der Waals surface area contributed by atoms with Crippen molar-refractivity contribution >= 4 is 0 Å². The molecule has 0 radical (unpaired) electrons. The van der Waals surface area contributed by atoms with Crippen molar-refractivity contribution in [3.63, 3.8) is 0 Å². The van der Waals surface area contributed by atoms with Gasteiger partial charge in [-0.25, -0.2) is 0 Å². The molecule has 2 fully saturated rings. The fourth-order valence-electron chi connectivity index (χ4n) is 6.33. The second kappa shape index (κ2) is 5.38. The molecule has 0 bridgehead atoms. The van der Waals surface area contributed by atoms with E-state index in [0.717, 1.165) is 37.9 Å². The van der Waals surface area contributed by atoms with Gasteiger partial charge in [-0.3, -0.25) is 0 Å². The minimum atomic E-state index is -0.459. The molecule has 0 amide bonds. The highest BCUT2D eigenvalue weighted by molar-refractivity contribution is 5.36. The van der Waals surface area contributed by atoms with Gasteiger partial charge in [0.15, 0.2) is 0 Å². The zero-order valence-corrected chi connectivity index (χ0v) is 14.2. The van der Waals surface area contributed by atoms with Crippen LogP contribution in [-0.4, -0.2) is 18.3 Å². The smallest absolute Gasteiger partial charge is 0.0985 e. The number of nitrogens with zero attached hydrogens (tertiary/aromatic N) is 1. The summed E-state index contributed by atoms with van der Waals surface area (Å²) in [4.78, 5) is 0. The average Bonchev–Trinajstić information content (AvgIpc) is 2.90. The molecule has 3 heteroatoms. The summed E-state index contributed by atoms with van der Waals surface area (Å²) < 4.78 is 5.39. The molecule has 2 saturated carbocycles. The minimum absolute atomic E-state index is 0.209. The maximum atomic E-state index is 10.7. The number of aliphatic hydroxyl groups is 1. The molecule has 0 heterocycles. The van der Waals surface area contributed by atoms with Crippen LogP contribution < -0.4 is 0 Å². The van der Waals surface area contributed by atoms with Crippen LogP contribution in [0.1, 0.15) is 51.9 Å². The number of aliphatic hydroxyl groups excluding tert-OH is 1. The third kappa shape index (κ3) is 2.11. The number of allylic oxidation sites excluding steroid dienone is 1. The Morgan fingerprint density at radius 1 is 1.30 bits per heavy atom. The average molecular weight is 313 g/mol. The van der Waals surface area contributed by atoms with Crippen molar-refractivity contribution in [1.82, 2.24) is 0 Å². The number of ether oxygens (including phenoxy) is 1. The van der Waals surface area contributed by atoms with Crippen molar-refractivity contribution in [2.75, 3.05) is 7.11 Å². The number of rotatable bonds is 1. The van der Waals surface area contributed by atoms with Crippen LogP contribution in [0.3, 0.4) is 0 Å². The summed E-state index contributed by atoms with van der Waals surface area (Å²) in [5.74, 6) is 3.01. The Kier molecular flexibility index (Phi) is 3.57. The number of hydrogen-bond acceptors (Lipinski definition) is 3. The Morgan fingerprint density at radius 3 is 2.87 bits per heavy atom. The number of methoxy groups -OCH3 is 1. The Bertz CT molecular complexity index is 614. The monoisotopic (exact) mass is 313 g/mol. The summed E-state index contributed by atoms with van der Waals surface area (Å²) in [5, 5.41) is 20.2. The number of hydrogen-bond donors (Lipinski definition) is 1. The van der Waals surface area contributed by atoms with Gasteiger partial charge in [0.1, 0.15) is 0 Å². The molecule has 4 rings (SSSR count). The van der Waals surface area contributed by atoms with E-state index >= 15 is 0 Å². The first-order valence-corrected chi connectivity index (χ1v) is 9.12. The molecular weight excluding hydrogens is 286 g/mol. The fraction of sp³-hybridized carbons (Fsp3) is 0.750. The molecule has 0 aromatic heterocycles. The molecular formula is C20H27NO2. The van der Waals surface area contributed by atoms with Crippen LogP contribution in [0.15, 0.2) is 23.0 Å². The van der Waals surface area contributed by atoms with E-state index in [-0.39, 0.29) is 11.3 Å². The molecule has 1 unspecified atom stereocenters. The van der Waals surface area contributed by atoms with E-state index in [0.29, 0.717) is 17.8 Å². The fourth-order valence-corrected chi connectivity index (χ4v) is 6.33. The van der Waals surface area contributed by atoms with E-state index in [2.05, 4.69) is 13.0 Å². The third-order valence-corrected chi connectivity index (χ3v) is 7.49. The van der Waals surface area contributed by atoms with Gasteiger partial charge < -0.3 is 9.84 Å². The van der Waals surface area contributed by atoms with E-state index in [1.54, 1.807) is 7.11 Å². The second-order valence-electron chi connectivity index (χ2n) is 8.24. The highest BCUT2D eigenvalue weighted by Crippen LogP contribution is 2.62. The summed E-state index contributed by atoms with van der Waals surface area (Å²) in [5.41, 5.74) is 2.95. The predicted octanol–water partition coefficient (Wildman–Crippen LogP) is 3.95. The third-order valence-electron chi connectivity index (χ3n) is 7.49. The second-order valence-corrected chi connectivity index (χ2v) is 8.24. The van der Waals surface area contributed by atoms with Gasteiger partial charge in [-0.05, 0) is 73.3 Å². The zero-order chi connectivity index (χ0) is 16.2. The first-order valence-electron chi connectivity index (χ1n) is 9.12. The van der Waals surface area contributed by atoms with Gasteiger partial charge in [-0.15, -0.1) is 0 Å². The Morgan fingerprint density at radius 2 is 2.13 bits per heavy atom. The van der Waals surface area contributed by atoms with Crippen molar-refractivity contribution in [2.45, 2.75) is 58.0 Å². The topological polar surface area (TPSA) is 53.2 Å². The molecule has 6 atom stereocenters. The van der Waals surface area contributed by atoms with Crippen LogP contribution in [-0.2, 0) is 4.74 Å². The van der Waals surface area contributed by atoms with Crippen molar-refractivity contribution in [3.05, 3.63) is 23.0 Å². The van der Waals surface area contributed by atoms with Crippen molar-refractivity contribution < 1.29 is 9.84 Å². The summed E-state index contributed by atoms with van der Waals surface area (Å²) in [6, 6.07) is 2.59. The van der Waals surface area contributed by atoms with Crippen LogP contribution in [0.5, 0.6) is 0 Å². The molecule has 23 heavy (non-hydrogen) atoms. The van der Waals surface area contributed by atoms with E-state index in [1.165, 1.54) is 24.0 Å². The lowest BCUT2D eigenvalue weighted by atomic mass is 9.53. The molecule has 3 nitrogen and oxygen atoms in total. The zero-order valence-electron chi connectivity index (χ0n) is 14.2. The van der Waals surface area contributed by atoms with Crippen molar-refractivity contribution in [2.24, 2.45) is 29.1 Å².